The van der Waals surface area contributed by atoms with Crippen molar-refractivity contribution in [3.8, 4) is 0 Å². The lowest BCUT2D eigenvalue weighted by molar-refractivity contribution is 0.364. The van der Waals surface area contributed by atoms with E-state index in [0.29, 0.717) is 6.04 Å². The molecule has 0 heterocycles. The zero-order valence-electron chi connectivity index (χ0n) is 12.8. The zero-order chi connectivity index (χ0) is 14.3. The molecular formula is C17H28BrN. The molecule has 2 heteroatoms. The van der Waals surface area contributed by atoms with Gasteiger partial charge in [-0.25, -0.2) is 0 Å². The molecule has 19 heavy (non-hydrogen) atoms. The maximum absolute atomic E-state index is 3.71. The lowest BCUT2D eigenvalue weighted by atomic mass is 9.89. The number of rotatable bonds is 8. The lowest BCUT2D eigenvalue weighted by Gasteiger charge is -2.24. The summed E-state index contributed by atoms with van der Waals surface area (Å²) >= 11 is 3.71. The molecule has 1 N–H and O–H groups in total. The number of hydrogen-bond donors (Lipinski definition) is 1. The minimum atomic E-state index is 0.455. The van der Waals surface area contributed by atoms with E-state index in [1.54, 1.807) is 0 Å². The van der Waals surface area contributed by atoms with E-state index < -0.39 is 0 Å². The highest BCUT2D eigenvalue weighted by atomic mass is 79.9. The van der Waals surface area contributed by atoms with Crippen LogP contribution in [0.1, 0.15) is 63.1 Å². The van der Waals surface area contributed by atoms with Crippen molar-refractivity contribution < 1.29 is 0 Å². The molecule has 0 spiro atoms. The van der Waals surface area contributed by atoms with Crippen LogP contribution in [0.5, 0.6) is 0 Å². The predicted molar refractivity (Wildman–Crippen MR) is 88.6 cm³/mol. The maximum Gasteiger partial charge on any atom is 0.0331 e. The van der Waals surface area contributed by atoms with E-state index in [9.17, 15) is 0 Å². The van der Waals surface area contributed by atoms with Crippen LogP contribution in [0.15, 0.2) is 22.7 Å². The quantitative estimate of drug-likeness (QED) is 0.653. The Kier molecular flexibility index (Phi) is 7.70. The molecule has 2 unspecified atom stereocenters. The van der Waals surface area contributed by atoms with Crippen LogP contribution in [0.3, 0.4) is 0 Å². The molecule has 0 bridgehead atoms. The van der Waals surface area contributed by atoms with Crippen LogP contribution in [0.2, 0.25) is 0 Å². The molecule has 0 fully saturated rings. The second kappa shape index (κ2) is 8.76. The maximum atomic E-state index is 3.71. The van der Waals surface area contributed by atoms with E-state index in [0.717, 1.165) is 5.92 Å². The van der Waals surface area contributed by atoms with E-state index in [1.807, 2.05) is 0 Å². The molecule has 1 aromatic carbocycles. The van der Waals surface area contributed by atoms with Gasteiger partial charge < -0.3 is 5.32 Å². The number of unbranched alkanes of at least 4 members (excludes halogenated alkanes) is 1. The molecule has 0 aliphatic carbocycles. The molecule has 108 valence electrons. The number of aryl methyl sites for hydroxylation is 1. The van der Waals surface area contributed by atoms with Crippen molar-refractivity contribution >= 4 is 15.9 Å². The molecule has 0 amide bonds. The van der Waals surface area contributed by atoms with E-state index >= 15 is 0 Å². The van der Waals surface area contributed by atoms with Crippen LogP contribution in [0, 0.1) is 12.8 Å². The van der Waals surface area contributed by atoms with Crippen molar-refractivity contribution in [3.63, 3.8) is 0 Å². The van der Waals surface area contributed by atoms with Crippen LogP contribution < -0.4 is 5.32 Å². The van der Waals surface area contributed by atoms with Gasteiger partial charge in [-0.05, 0) is 43.5 Å². The first-order valence-corrected chi connectivity index (χ1v) is 8.34. The monoisotopic (exact) mass is 325 g/mol. The van der Waals surface area contributed by atoms with Crippen molar-refractivity contribution in [1.29, 1.82) is 0 Å². The van der Waals surface area contributed by atoms with Gasteiger partial charge >= 0.3 is 0 Å². The molecular weight excluding hydrogens is 298 g/mol. The van der Waals surface area contributed by atoms with Crippen LogP contribution in [0.25, 0.3) is 0 Å². The van der Waals surface area contributed by atoms with Crippen molar-refractivity contribution in [3.05, 3.63) is 33.8 Å². The average Bonchev–Trinajstić information content (AvgIpc) is 2.40. The first-order valence-electron chi connectivity index (χ1n) is 7.55. The van der Waals surface area contributed by atoms with E-state index in [4.69, 9.17) is 0 Å². The Morgan fingerprint density at radius 2 is 2.00 bits per heavy atom. The Labute approximate surface area is 127 Å². The van der Waals surface area contributed by atoms with Gasteiger partial charge in [0.05, 0.1) is 0 Å². The summed E-state index contributed by atoms with van der Waals surface area (Å²) in [5.74, 6) is 0.825. The van der Waals surface area contributed by atoms with Gasteiger partial charge in [0, 0.05) is 10.5 Å². The second-order valence-corrected chi connectivity index (χ2v) is 6.37. The third-order valence-corrected chi connectivity index (χ3v) is 4.68. The lowest BCUT2D eigenvalue weighted by Crippen LogP contribution is -2.20. The summed E-state index contributed by atoms with van der Waals surface area (Å²) in [6.45, 7) is 6.73. The molecule has 2 atom stereocenters. The van der Waals surface area contributed by atoms with E-state index in [-0.39, 0.29) is 0 Å². The molecule has 0 aliphatic heterocycles. The van der Waals surface area contributed by atoms with Gasteiger partial charge in [0.15, 0.2) is 0 Å². The molecule has 0 aliphatic rings. The number of benzene rings is 1. The minimum Gasteiger partial charge on any atom is -0.313 e. The highest BCUT2D eigenvalue weighted by molar-refractivity contribution is 9.10. The highest BCUT2D eigenvalue weighted by Gasteiger charge is 2.17. The van der Waals surface area contributed by atoms with Crippen LogP contribution in [0.4, 0.5) is 0 Å². The molecule has 0 saturated heterocycles. The summed E-state index contributed by atoms with van der Waals surface area (Å²) < 4.78 is 1.23. The smallest absolute Gasteiger partial charge is 0.0331 e. The normalized spacial score (nSPS) is 14.4. The van der Waals surface area contributed by atoms with Gasteiger partial charge in [-0.3, -0.25) is 0 Å². The molecule has 1 nitrogen and oxygen atoms in total. The number of halogens is 1. The van der Waals surface area contributed by atoms with Gasteiger partial charge in [0.1, 0.15) is 0 Å². The summed E-state index contributed by atoms with van der Waals surface area (Å²) in [7, 11) is 2.07. The van der Waals surface area contributed by atoms with Gasteiger partial charge in [0.2, 0.25) is 0 Å². The third kappa shape index (κ3) is 5.27. The molecule has 0 aromatic heterocycles. The summed E-state index contributed by atoms with van der Waals surface area (Å²) in [5.41, 5.74) is 2.70. The van der Waals surface area contributed by atoms with Gasteiger partial charge in [-0.15, -0.1) is 0 Å². The highest BCUT2D eigenvalue weighted by Crippen LogP contribution is 2.31. The van der Waals surface area contributed by atoms with Crippen LogP contribution >= 0.6 is 15.9 Å². The topological polar surface area (TPSA) is 12.0 Å². The van der Waals surface area contributed by atoms with Gasteiger partial charge in [-0.2, -0.15) is 0 Å². The van der Waals surface area contributed by atoms with Crippen molar-refractivity contribution in [1.82, 2.24) is 5.32 Å². The third-order valence-electron chi connectivity index (χ3n) is 3.99. The number of hydrogen-bond acceptors (Lipinski definition) is 1. The number of nitrogens with one attached hydrogen (secondary N) is 1. The largest absolute Gasteiger partial charge is 0.313 e. The van der Waals surface area contributed by atoms with Crippen molar-refractivity contribution in [2.24, 2.45) is 5.92 Å². The SMILES string of the molecule is CCCCC(CC)CC(NC)c1ccc(C)cc1Br. The second-order valence-electron chi connectivity index (χ2n) is 5.52. The fraction of sp³-hybridized carbons (Fsp3) is 0.647. The fourth-order valence-corrected chi connectivity index (χ4v) is 3.40. The van der Waals surface area contributed by atoms with E-state index in [1.165, 1.54) is 47.7 Å². The van der Waals surface area contributed by atoms with Gasteiger partial charge in [0.25, 0.3) is 0 Å². The van der Waals surface area contributed by atoms with Crippen molar-refractivity contribution in [2.75, 3.05) is 7.05 Å². The first-order chi connectivity index (χ1) is 9.12. The first kappa shape index (κ1) is 16.7. The summed E-state index contributed by atoms with van der Waals surface area (Å²) in [5, 5.41) is 3.49. The zero-order valence-corrected chi connectivity index (χ0v) is 14.4. The molecule has 1 aromatic rings. The van der Waals surface area contributed by atoms with Crippen LogP contribution in [-0.2, 0) is 0 Å². The fourth-order valence-electron chi connectivity index (χ4n) is 2.63. The summed E-state index contributed by atoms with van der Waals surface area (Å²) in [4.78, 5) is 0. The Morgan fingerprint density at radius 1 is 1.26 bits per heavy atom. The Hall–Kier alpha value is -0.340. The van der Waals surface area contributed by atoms with E-state index in [2.05, 4.69) is 67.3 Å². The van der Waals surface area contributed by atoms with Crippen LogP contribution in [-0.4, -0.2) is 7.05 Å². The Morgan fingerprint density at radius 3 is 2.53 bits per heavy atom. The summed E-state index contributed by atoms with van der Waals surface area (Å²) in [6, 6.07) is 7.13. The molecule has 0 saturated carbocycles. The Bertz CT molecular complexity index is 376. The molecule has 0 radical (unpaired) electrons. The predicted octanol–water partition coefficient (Wildman–Crippen LogP) is 5.62. The molecule has 1 rings (SSSR count). The van der Waals surface area contributed by atoms with Gasteiger partial charge in [-0.1, -0.05) is 67.6 Å². The summed E-state index contributed by atoms with van der Waals surface area (Å²) in [6.07, 6.45) is 6.52. The minimum absolute atomic E-state index is 0.455. The Balaban J connectivity index is 2.76. The average molecular weight is 326 g/mol. The van der Waals surface area contributed by atoms with Crippen molar-refractivity contribution in [2.45, 2.75) is 58.9 Å². The standard InChI is InChI=1S/C17H28BrN/c1-5-7-8-14(6-2)12-17(19-4)15-10-9-13(3)11-16(15)18/h9-11,14,17,19H,5-8,12H2,1-4H3.